The zero-order valence-electron chi connectivity index (χ0n) is 12.9. The van der Waals surface area contributed by atoms with Gasteiger partial charge < -0.3 is 0 Å². The molecule has 4 heteroatoms. The molecule has 0 bridgehead atoms. The molecular weight excluding hydrogens is 470 g/mol. The molecule has 0 unspecified atom stereocenters. The Balaban J connectivity index is 0.000000246. The topological polar surface area (TPSA) is 0 Å². The van der Waals surface area contributed by atoms with Crippen molar-refractivity contribution < 1.29 is 22.9 Å². The third kappa shape index (κ3) is 7.06. The first kappa shape index (κ1) is 18.7. The maximum Gasteiger partial charge on any atom is 0.250 e. The molecule has 2 aliphatic rings. The van der Waals surface area contributed by atoms with Gasteiger partial charge in [-0.3, -0.25) is 0 Å². The monoisotopic (exact) mass is 494 g/mol. The molecule has 0 aromatic rings. The molecule has 0 aromatic carbocycles. The van der Waals surface area contributed by atoms with Crippen LogP contribution in [0.4, 0.5) is 0 Å². The van der Waals surface area contributed by atoms with Crippen LogP contribution >= 0.6 is 22.2 Å². The summed E-state index contributed by atoms with van der Waals surface area (Å²) in [6.45, 7) is 6.79. The Morgan fingerprint density at radius 2 is 1.35 bits per heavy atom. The van der Waals surface area contributed by atoms with E-state index in [-0.39, 0.29) is 0 Å². The molecular formula is C16H24Cl2HfSi. The number of hydrogen-bond donors (Lipinski definition) is 0. The van der Waals surface area contributed by atoms with E-state index in [2.05, 4.69) is 38.2 Å². The molecule has 0 saturated heterocycles. The van der Waals surface area contributed by atoms with Gasteiger partial charge in [0, 0.05) is 0 Å². The smallest absolute Gasteiger partial charge is 0.146 e. The van der Waals surface area contributed by atoms with Crippen molar-refractivity contribution in [3.8, 4) is 0 Å². The summed E-state index contributed by atoms with van der Waals surface area (Å²) >= 11 is 11.0. The van der Waals surface area contributed by atoms with Crippen molar-refractivity contribution in [1.29, 1.82) is 0 Å². The van der Waals surface area contributed by atoms with Gasteiger partial charge in [-0.2, -0.15) is 0 Å². The summed E-state index contributed by atoms with van der Waals surface area (Å²) in [6.07, 6.45) is 12.1. The Hall–Kier alpha value is 0.627. The summed E-state index contributed by atoms with van der Waals surface area (Å²) in [5, 5.41) is 0. The fraction of sp³-hybridized carbons (Fsp3) is 0.500. The van der Waals surface area contributed by atoms with E-state index < -0.39 is 29.6 Å². The predicted octanol–water partition coefficient (Wildman–Crippen LogP) is 6.48. The summed E-state index contributed by atoms with van der Waals surface area (Å²) in [4.78, 5) is 0. The van der Waals surface area contributed by atoms with Crippen LogP contribution < -0.4 is 0 Å². The summed E-state index contributed by atoms with van der Waals surface area (Å²) in [5.74, 6) is 0. The minimum absolute atomic E-state index is 0.587. The zero-order valence-corrected chi connectivity index (χ0v) is 19.0. The van der Waals surface area contributed by atoms with Gasteiger partial charge in [0.15, 0.2) is 0 Å². The van der Waals surface area contributed by atoms with Gasteiger partial charge >= 0.3 is 91.7 Å². The Kier molecular flexibility index (Phi) is 8.33. The van der Waals surface area contributed by atoms with Gasteiger partial charge in [-0.1, -0.05) is 13.8 Å². The summed E-state index contributed by atoms with van der Waals surface area (Å²) in [5.41, 5.74) is 2.96. The van der Waals surface area contributed by atoms with Crippen LogP contribution in [0.1, 0.15) is 40.5 Å². The Labute approximate surface area is 145 Å². The van der Waals surface area contributed by atoms with Gasteiger partial charge in [0.2, 0.25) is 0 Å². The number of allylic oxidation sites excluding steroid dienone is 8. The van der Waals surface area contributed by atoms with Gasteiger partial charge in [0.1, 0.15) is 0 Å². The third-order valence-electron chi connectivity index (χ3n) is 3.45. The van der Waals surface area contributed by atoms with Crippen LogP contribution in [0.15, 0.2) is 42.1 Å². The first-order chi connectivity index (χ1) is 9.36. The molecule has 0 saturated carbocycles. The second kappa shape index (κ2) is 8.92. The Morgan fingerprint density at radius 1 is 0.950 bits per heavy atom. The molecule has 0 aromatic heterocycles. The number of rotatable bonds is 4. The van der Waals surface area contributed by atoms with Crippen LogP contribution in [0.3, 0.4) is 0 Å². The fourth-order valence-electron chi connectivity index (χ4n) is 1.96. The maximum absolute atomic E-state index is 5.81. The van der Waals surface area contributed by atoms with E-state index in [0.29, 0.717) is 0 Å². The van der Waals surface area contributed by atoms with Crippen molar-refractivity contribution >= 4 is 28.9 Å². The van der Waals surface area contributed by atoms with Crippen LogP contribution in [0, 0.1) is 0 Å². The molecule has 0 N–H and O–H groups in total. The van der Waals surface area contributed by atoms with Crippen molar-refractivity contribution in [3.63, 3.8) is 0 Å². The van der Waals surface area contributed by atoms with Crippen LogP contribution in [0.5, 0.6) is 0 Å². The van der Waals surface area contributed by atoms with Gasteiger partial charge in [-0.05, 0) is 12.1 Å². The molecule has 0 nitrogen and oxygen atoms in total. The van der Waals surface area contributed by atoms with E-state index in [1.807, 2.05) is 13.8 Å². The van der Waals surface area contributed by atoms with E-state index in [1.54, 1.807) is 6.66 Å². The quantitative estimate of drug-likeness (QED) is 0.310. The molecule has 2 aliphatic carbocycles. The minimum atomic E-state index is -1.71. The zero-order chi connectivity index (χ0) is 15.2. The summed E-state index contributed by atoms with van der Waals surface area (Å²) in [6, 6.07) is 1.93. The normalized spacial score (nSPS) is 17.7. The van der Waals surface area contributed by atoms with Gasteiger partial charge in [-0.25, -0.2) is 0 Å². The van der Waals surface area contributed by atoms with E-state index in [0.717, 1.165) is 12.1 Å². The number of hydrogen-bond acceptors (Lipinski definition) is 0. The average Bonchev–Trinajstić information content (AvgIpc) is 3.00. The van der Waals surface area contributed by atoms with Crippen molar-refractivity contribution in [2.45, 2.75) is 52.6 Å². The van der Waals surface area contributed by atoms with Crippen molar-refractivity contribution in [2.75, 3.05) is 0 Å². The second-order valence-corrected chi connectivity index (χ2v) is 18.9. The third-order valence-corrected chi connectivity index (χ3v) is 13.5. The fourth-order valence-corrected chi connectivity index (χ4v) is 7.56. The molecule has 0 heterocycles. The molecule has 0 spiro atoms. The molecule has 0 amide bonds. The van der Waals surface area contributed by atoms with Gasteiger partial charge in [0.25, 0.3) is 6.69 Å². The average molecular weight is 494 g/mol. The molecule has 0 radical (unpaired) electrons. The van der Waals surface area contributed by atoms with Crippen molar-refractivity contribution in [3.05, 3.63) is 42.1 Å². The van der Waals surface area contributed by atoms with Crippen molar-refractivity contribution in [1.82, 2.24) is 0 Å². The summed E-state index contributed by atoms with van der Waals surface area (Å²) in [7, 11) is 0. The first-order valence-corrected chi connectivity index (χ1v) is 15.3. The van der Waals surface area contributed by atoms with Crippen LogP contribution in [0.2, 0.25) is 12.1 Å². The van der Waals surface area contributed by atoms with Gasteiger partial charge in [-0.15, -0.1) is 22.2 Å². The SMILES string of the molecule is CC1=CC[C]([Hf][C]2=CC(C)=CC2)=C1.CC[Si](Cl)(Cl)CC. The van der Waals surface area contributed by atoms with Crippen LogP contribution in [-0.2, 0) is 22.9 Å². The van der Waals surface area contributed by atoms with E-state index >= 15 is 0 Å². The second-order valence-electron chi connectivity index (χ2n) is 5.33. The van der Waals surface area contributed by atoms with Crippen LogP contribution in [0.25, 0.3) is 0 Å². The maximum atomic E-state index is 5.81. The van der Waals surface area contributed by atoms with Crippen LogP contribution in [-0.4, -0.2) is 6.69 Å². The Morgan fingerprint density at radius 3 is 1.55 bits per heavy atom. The number of halogens is 2. The van der Waals surface area contributed by atoms with Gasteiger partial charge in [0.05, 0.1) is 0 Å². The predicted molar refractivity (Wildman–Crippen MR) is 91.3 cm³/mol. The van der Waals surface area contributed by atoms with E-state index in [4.69, 9.17) is 22.2 Å². The first-order valence-electron chi connectivity index (χ1n) is 7.25. The molecule has 110 valence electrons. The molecule has 0 aliphatic heterocycles. The molecule has 20 heavy (non-hydrogen) atoms. The standard InChI is InChI=1S/2C6H7.C4H10Cl2Si.Hf/c2*1-6-4-2-3-5-6;1-3-7(5,6)4-2;/h2*4-5H,2H2,1H3;3-4H2,1-2H3;. The molecule has 2 rings (SSSR count). The molecule has 0 fully saturated rings. The minimum Gasteiger partial charge on any atom is -0.146 e. The summed E-state index contributed by atoms with van der Waals surface area (Å²) < 4.78 is 3.54. The largest absolute Gasteiger partial charge is 0.250 e. The molecule has 0 atom stereocenters. The van der Waals surface area contributed by atoms with Crippen molar-refractivity contribution in [2.24, 2.45) is 0 Å². The van der Waals surface area contributed by atoms with E-state index in [9.17, 15) is 0 Å². The Bertz CT molecular complexity index is 419. The van der Waals surface area contributed by atoms with E-state index in [1.165, 1.54) is 24.0 Å².